The number of halogens is 1. The predicted octanol–water partition coefficient (Wildman–Crippen LogP) is 1.87. The Kier molecular flexibility index (Phi) is 4.52. The van der Waals surface area contributed by atoms with Crippen molar-refractivity contribution in [2.75, 3.05) is 20.3 Å². The highest BCUT2D eigenvalue weighted by Crippen LogP contribution is 2.20. The van der Waals surface area contributed by atoms with E-state index in [0.717, 1.165) is 0 Å². The summed E-state index contributed by atoms with van der Waals surface area (Å²) in [6, 6.07) is 4.38. The first-order valence-corrected chi connectivity index (χ1v) is 4.82. The Hall–Kier alpha value is -1.13. The molecule has 0 aliphatic heterocycles. The molecule has 0 fully saturated rings. The second-order valence-electron chi connectivity index (χ2n) is 3.31. The van der Waals surface area contributed by atoms with Gasteiger partial charge in [0.05, 0.1) is 6.61 Å². The van der Waals surface area contributed by atoms with Crippen LogP contribution in [-0.4, -0.2) is 20.3 Å². The summed E-state index contributed by atoms with van der Waals surface area (Å²) >= 11 is 0. The molecule has 1 rings (SSSR count). The fourth-order valence-electron chi connectivity index (χ4n) is 1.21. The number of benzene rings is 1. The lowest BCUT2D eigenvalue weighted by molar-refractivity contribution is 0.146. The maximum Gasteiger partial charge on any atom is 0.131 e. The van der Waals surface area contributed by atoms with E-state index in [1.807, 2.05) is 0 Å². The van der Waals surface area contributed by atoms with Crippen molar-refractivity contribution in [2.45, 2.75) is 13.0 Å². The average molecular weight is 213 g/mol. The van der Waals surface area contributed by atoms with Crippen LogP contribution in [0, 0.1) is 5.82 Å². The van der Waals surface area contributed by atoms with Gasteiger partial charge < -0.3 is 15.2 Å². The molecule has 84 valence electrons. The van der Waals surface area contributed by atoms with Crippen LogP contribution in [0.2, 0.25) is 0 Å². The highest BCUT2D eigenvalue weighted by Gasteiger charge is 2.07. The molecule has 0 unspecified atom stereocenters. The maximum atomic E-state index is 13.4. The predicted molar refractivity (Wildman–Crippen MR) is 56.4 cm³/mol. The molecule has 0 aliphatic rings. The maximum absolute atomic E-state index is 13.4. The smallest absolute Gasteiger partial charge is 0.131 e. The van der Waals surface area contributed by atoms with Crippen molar-refractivity contribution in [1.82, 2.24) is 0 Å². The van der Waals surface area contributed by atoms with E-state index < -0.39 is 0 Å². The van der Waals surface area contributed by atoms with Crippen LogP contribution in [0.4, 0.5) is 4.39 Å². The molecule has 3 nitrogen and oxygen atoms in total. The largest absolute Gasteiger partial charge is 0.491 e. The SMILES string of the molecule is COCCOc1ccc([C@@H](C)N)c(F)c1. The van der Waals surface area contributed by atoms with Gasteiger partial charge >= 0.3 is 0 Å². The normalized spacial score (nSPS) is 12.5. The van der Waals surface area contributed by atoms with Crippen molar-refractivity contribution in [3.05, 3.63) is 29.6 Å². The lowest BCUT2D eigenvalue weighted by Crippen LogP contribution is -2.08. The highest BCUT2D eigenvalue weighted by molar-refractivity contribution is 5.30. The molecule has 0 aromatic heterocycles. The zero-order chi connectivity index (χ0) is 11.3. The van der Waals surface area contributed by atoms with Gasteiger partial charge in [-0.2, -0.15) is 0 Å². The van der Waals surface area contributed by atoms with Crippen LogP contribution >= 0.6 is 0 Å². The third-order valence-electron chi connectivity index (χ3n) is 2.02. The Morgan fingerprint density at radius 3 is 2.67 bits per heavy atom. The first kappa shape index (κ1) is 11.9. The molecule has 0 saturated heterocycles. The highest BCUT2D eigenvalue weighted by atomic mass is 19.1. The van der Waals surface area contributed by atoms with Crippen molar-refractivity contribution < 1.29 is 13.9 Å². The topological polar surface area (TPSA) is 44.5 Å². The lowest BCUT2D eigenvalue weighted by Gasteiger charge is -2.10. The molecule has 2 N–H and O–H groups in total. The zero-order valence-electron chi connectivity index (χ0n) is 9.00. The fourth-order valence-corrected chi connectivity index (χ4v) is 1.21. The van der Waals surface area contributed by atoms with Crippen molar-refractivity contribution in [2.24, 2.45) is 5.73 Å². The second-order valence-corrected chi connectivity index (χ2v) is 3.31. The number of nitrogens with two attached hydrogens (primary N) is 1. The number of rotatable bonds is 5. The van der Waals surface area contributed by atoms with E-state index in [2.05, 4.69) is 0 Å². The van der Waals surface area contributed by atoms with E-state index in [1.54, 1.807) is 26.2 Å². The third-order valence-corrected chi connectivity index (χ3v) is 2.02. The summed E-state index contributed by atoms with van der Waals surface area (Å²) in [6.07, 6.45) is 0. The minimum absolute atomic E-state index is 0.307. The molecule has 0 amide bonds. The molecule has 15 heavy (non-hydrogen) atoms. The summed E-state index contributed by atoms with van der Waals surface area (Å²) < 4.78 is 23.5. The van der Waals surface area contributed by atoms with Crippen LogP contribution in [0.5, 0.6) is 5.75 Å². The van der Waals surface area contributed by atoms with Crippen molar-refractivity contribution >= 4 is 0 Å². The van der Waals surface area contributed by atoms with Gasteiger partial charge in [0.25, 0.3) is 0 Å². The molecule has 0 bridgehead atoms. The summed E-state index contributed by atoms with van der Waals surface area (Å²) in [7, 11) is 1.59. The molecule has 0 saturated carbocycles. The first-order chi connectivity index (χ1) is 7.15. The minimum atomic E-state index is -0.333. The molecular formula is C11H16FNO2. The Balaban J connectivity index is 2.65. The van der Waals surface area contributed by atoms with Crippen LogP contribution in [0.15, 0.2) is 18.2 Å². The summed E-state index contributed by atoms with van der Waals surface area (Å²) in [5.74, 6) is 0.161. The molecule has 0 aliphatic carbocycles. The van der Waals surface area contributed by atoms with Crippen molar-refractivity contribution in [3.8, 4) is 5.75 Å². The number of hydrogen-bond acceptors (Lipinski definition) is 3. The van der Waals surface area contributed by atoms with Gasteiger partial charge in [0.15, 0.2) is 0 Å². The Morgan fingerprint density at radius 2 is 2.13 bits per heavy atom. The quantitative estimate of drug-likeness (QED) is 0.759. The van der Waals surface area contributed by atoms with Crippen LogP contribution in [0.1, 0.15) is 18.5 Å². The van der Waals surface area contributed by atoms with Gasteiger partial charge in [-0.15, -0.1) is 0 Å². The van der Waals surface area contributed by atoms with E-state index in [1.165, 1.54) is 6.07 Å². The van der Waals surface area contributed by atoms with Crippen LogP contribution in [-0.2, 0) is 4.74 Å². The molecule has 1 atom stereocenters. The number of methoxy groups -OCH3 is 1. The number of hydrogen-bond donors (Lipinski definition) is 1. The summed E-state index contributed by atoms with van der Waals surface area (Å²) in [5.41, 5.74) is 6.08. The van der Waals surface area contributed by atoms with Gasteiger partial charge in [-0.1, -0.05) is 6.07 Å². The summed E-state index contributed by atoms with van der Waals surface area (Å²) in [6.45, 7) is 2.63. The summed E-state index contributed by atoms with van der Waals surface area (Å²) in [5, 5.41) is 0. The van der Waals surface area contributed by atoms with Gasteiger partial charge in [-0.3, -0.25) is 0 Å². The van der Waals surface area contributed by atoms with Crippen LogP contribution < -0.4 is 10.5 Å². The minimum Gasteiger partial charge on any atom is -0.491 e. The van der Waals surface area contributed by atoms with Crippen LogP contribution in [0.25, 0.3) is 0 Å². The van der Waals surface area contributed by atoms with E-state index in [-0.39, 0.29) is 11.9 Å². The van der Waals surface area contributed by atoms with Gasteiger partial charge in [-0.05, 0) is 13.0 Å². The van der Waals surface area contributed by atoms with Gasteiger partial charge in [-0.25, -0.2) is 4.39 Å². The van der Waals surface area contributed by atoms with E-state index in [0.29, 0.717) is 24.5 Å². The molecule has 0 heterocycles. The Morgan fingerprint density at radius 1 is 1.40 bits per heavy atom. The first-order valence-electron chi connectivity index (χ1n) is 4.82. The van der Waals surface area contributed by atoms with Gasteiger partial charge in [0, 0.05) is 24.8 Å². The van der Waals surface area contributed by atoms with Crippen LogP contribution in [0.3, 0.4) is 0 Å². The van der Waals surface area contributed by atoms with E-state index in [9.17, 15) is 4.39 Å². The lowest BCUT2D eigenvalue weighted by atomic mass is 10.1. The monoisotopic (exact) mass is 213 g/mol. The molecule has 4 heteroatoms. The molecule has 0 spiro atoms. The Labute approximate surface area is 89.0 Å². The second kappa shape index (κ2) is 5.68. The molecule has 1 aromatic rings. The van der Waals surface area contributed by atoms with E-state index >= 15 is 0 Å². The molecule has 1 aromatic carbocycles. The van der Waals surface area contributed by atoms with E-state index in [4.69, 9.17) is 15.2 Å². The Bertz CT molecular complexity index is 315. The van der Waals surface area contributed by atoms with Gasteiger partial charge in [0.2, 0.25) is 0 Å². The molecule has 0 radical (unpaired) electrons. The standard InChI is InChI=1S/C11H16FNO2/c1-8(13)10-4-3-9(7-11(10)12)15-6-5-14-2/h3-4,7-8H,5-6,13H2,1-2H3/t8-/m1/s1. The summed E-state index contributed by atoms with van der Waals surface area (Å²) in [4.78, 5) is 0. The fraction of sp³-hybridized carbons (Fsp3) is 0.455. The average Bonchev–Trinajstić information content (AvgIpc) is 2.17. The zero-order valence-corrected chi connectivity index (χ0v) is 9.00. The van der Waals surface area contributed by atoms with Gasteiger partial charge in [0.1, 0.15) is 18.2 Å². The number of ether oxygens (including phenoxy) is 2. The van der Waals surface area contributed by atoms with Crippen molar-refractivity contribution in [3.63, 3.8) is 0 Å². The van der Waals surface area contributed by atoms with Crippen molar-refractivity contribution in [1.29, 1.82) is 0 Å². The third kappa shape index (κ3) is 3.49. The molecular weight excluding hydrogens is 197 g/mol.